The first kappa shape index (κ1) is 41.2. The number of benzene rings is 4. The number of carboxylic acid groups (broad SMARTS) is 1. The van der Waals surface area contributed by atoms with Crippen molar-refractivity contribution in [2.24, 2.45) is 0 Å². The second-order valence-electron chi connectivity index (χ2n) is 12.6. The Kier molecular flexibility index (Phi) is 20.3. The standard InChI is InChI=1S/C34H40O6.C10H12O2/c35-32(22-10-19-28-13-4-1-5-14-28)38-26-25-31(40-34(37)24-12-21-30-17-8-3-9-18-30)27-39-33(36)23-11-20-29-15-6-2-7-16-29;11-10(12)8-4-7-9-5-2-1-3-6-9/h1-9,13-18,31H,10-12,19-27H2;1-3,5-6H,4,7-8H2,(H,11,12)/t31-;/m1./s1. The van der Waals surface area contributed by atoms with Crippen LogP contribution in [0.2, 0.25) is 0 Å². The maximum atomic E-state index is 12.5. The van der Waals surface area contributed by atoms with Gasteiger partial charge < -0.3 is 19.3 Å². The van der Waals surface area contributed by atoms with Crippen molar-refractivity contribution in [3.05, 3.63) is 144 Å². The fourth-order valence-corrected chi connectivity index (χ4v) is 5.39. The summed E-state index contributed by atoms with van der Waals surface area (Å²) in [6.07, 6.45) is 6.69. The lowest BCUT2D eigenvalue weighted by Gasteiger charge is -2.18. The summed E-state index contributed by atoms with van der Waals surface area (Å²) in [7, 11) is 0. The molecule has 276 valence electrons. The van der Waals surface area contributed by atoms with Crippen LogP contribution in [-0.2, 0) is 59.1 Å². The van der Waals surface area contributed by atoms with E-state index in [9.17, 15) is 19.2 Å². The monoisotopic (exact) mass is 708 g/mol. The highest BCUT2D eigenvalue weighted by molar-refractivity contribution is 5.71. The van der Waals surface area contributed by atoms with Gasteiger partial charge in [0, 0.05) is 32.1 Å². The average Bonchev–Trinajstić information content (AvgIpc) is 3.16. The van der Waals surface area contributed by atoms with Crippen LogP contribution in [-0.4, -0.2) is 48.3 Å². The summed E-state index contributed by atoms with van der Waals surface area (Å²) < 4.78 is 16.4. The number of ether oxygens (including phenoxy) is 3. The first-order valence-electron chi connectivity index (χ1n) is 18.3. The quantitative estimate of drug-likeness (QED) is 0.0638. The topological polar surface area (TPSA) is 116 Å². The van der Waals surface area contributed by atoms with Gasteiger partial charge in [-0.05, 0) is 73.6 Å². The highest BCUT2D eigenvalue weighted by atomic mass is 16.6. The molecular weight excluding hydrogens is 656 g/mol. The molecule has 0 aliphatic carbocycles. The Hall–Kier alpha value is -5.24. The average molecular weight is 709 g/mol. The van der Waals surface area contributed by atoms with Gasteiger partial charge in [-0.1, -0.05) is 121 Å². The zero-order valence-electron chi connectivity index (χ0n) is 30.0. The van der Waals surface area contributed by atoms with E-state index in [-0.39, 0.29) is 56.8 Å². The van der Waals surface area contributed by atoms with Crippen LogP contribution in [0.3, 0.4) is 0 Å². The number of hydrogen-bond donors (Lipinski definition) is 1. The molecule has 0 aliphatic rings. The normalized spacial score (nSPS) is 11.0. The van der Waals surface area contributed by atoms with E-state index in [1.165, 1.54) is 16.7 Å². The van der Waals surface area contributed by atoms with Crippen molar-refractivity contribution in [1.29, 1.82) is 0 Å². The van der Waals surface area contributed by atoms with Gasteiger partial charge in [0.15, 0.2) is 0 Å². The van der Waals surface area contributed by atoms with E-state index in [1.807, 2.05) is 121 Å². The van der Waals surface area contributed by atoms with Crippen molar-refractivity contribution in [2.75, 3.05) is 13.2 Å². The van der Waals surface area contributed by atoms with Crippen molar-refractivity contribution in [1.82, 2.24) is 0 Å². The van der Waals surface area contributed by atoms with Crippen LogP contribution < -0.4 is 0 Å². The van der Waals surface area contributed by atoms with Crippen molar-refractivity contribution in [3.63, 3.8) is 0 Å². The minimum absolute atomic E-state index is 0.0554. The molecule has 0 heterocycles. The molecule has 0 saturated carbocycles. The van der Waals surface area contributed by atoms with Gasteiger partial charge in [0.1, 0.15) is 12.7 Å². The third-order valence-electron chi connectivity index (χ3n) is 8.20. The van der Waals surface area contributed by atoms with Crippen molar-refractivity contribution in [2.45, 2.75) is 89.6 Å². The Balaban J connectivity index is 0.000000513. The Bertz CT molecular complexity index is 1560. The molecule has 0 aromatic heterocycles. The first-order valence-corrected chi connectivity index (χ1v) is 18.3. The molecule has 1 N–H and O–H groups in total. The van der Waals surface area contributed by atoms with E-state index < -0.39 is 12.1 Å². The number of carbonyl (C=O) groups excluding carboxylic acids is 3. The van der Waals surface area contributed by atoms with Gasteiger partial charge in [0.05, 0.1) is 6.61 Å². The van der Waals surface area contributed by atoms with Gasteiger partial charge in [0.25, 0.3) is 0 Å². The molecule has 0 spiro atoms. The van der Waals surface area contributed by atoms with Crippen molar-refractivity contribution < 1.29 is 38.5 Å². The summed E-state index contributed by atoms with van der Waals surface area (Å²) in [6, 6.07) is 39.8. The second kappa shape index (κ2) is 25.7. The SMILES string of the molecule is O=C(CCCc1ccccc1)OCC[C@H](COC(=O)CCCc1ccccc1)OC(=O)CCCc1ccccc1.O=C(O)CCCc1ccccc1. The predicted molar refractivity (Wildman–Crippen MR) is 202 cm³/mol. The minimum Gasteiger partial charge on any atom is -0.481 e. The number of carboxylic acids is 1. The maximum Gasteiger partial charge on any atom is 0.306 e. The fraction of sp³-hybridized carbons (Fsp3) is 0.364. The molecule has 1 atom stereocenters. The molecule has 4 rings (SSSR count). The summed E-state index contributed by atoms with van der Waals surface area (Å²) in [5, 5.41) is 8.39. The molecule has 0 radical (unpaired) electrons. The van der Waals surface area contributed by atoms with Crippen LogP contribution in [0.5, 0.6) is 0 Å². The molecular formula is C44H52O8. The molecule has 0 saturated heterocycles. The number of carbonyl (C=O) groups is 4. The molecule has 0 fully saturated rings. The van der Waals surface area contributed by atoms with E-state index in [2.05, 4.69) is 0 Å². The van der Waals surface area contributed by atoms with Crippen LogP contribution in [0.15, 0.2) is 121 Å². The predicted octanol–water partition coefficient (Wildman–Crippen LogP) is 8.54. The minimum atomic E-state index is -0.717. The van der Waals surface area contributed by atoms with E-state index in [4.69, 9.17) is 19.3 Å². The van der Waals surface area contributed by atoms with Crippen LogP contribution in [0.1, 0.15) is 80.0 Å². The lowest BCUT2D eigenvalue weighted by molar-refractivity contribution is -0.161. The van der Waals surface area contributed by atoms with Gasteiger partial charge >= 0.3 is 23.9 Å². The van der Waals surface area contributed by atoms with Crippen LogP contribution >= 0.6 is 0 Å². The number of esters is 3. The number of aryl methyl sites for hydroxylation is 4. The molecule has 52 heavy (non-hydrogen) atoms. The smallest absolute Gasteiger partial charge is 0.306 e. The Morgan fingerprint density at radius 2 is 0.808 bits per heavy atom. The largest absolute Gasteiger partial charge is 0.481 e. The Morgan fingerprint density at radius 1 is 0.462 bits per heavy atom. The van der Waals surface area contributed by atoms with Crippen LogP contribution in [0.4, 0.5) is 0 Å². The Morgan fingerprint density at radius 3 is 1.19 bits per heavy atom. The lowest BCUT2D eigenvalue weighted by atomic mass is 10.1. The summed E-state index contributed by atoms with van der Waals surface area (Å²) in [5.41, 5.74) is 4.72. The van der Waals surface area contributed by atoms with Gasteiger partial charge in [-0.2, -0.15) is 0 Å². The summed E-state index contributed by atoms with van der Waals surface area (Å²) in [5.74, 6) is -1.69. The van der Waals surface area contributed by atoms with E-state index >= 15 is 0 Å². The van der Waals surface area contributed by atoms with Crippen molar-refractivity contribution in [3.8, 4) is 0 Å². The van der Waals surface area contributed by atoms with Gasteiger partial charge in [-0.25, -0.2) is 0 Å². The van der Waals surface area contributed by atoms with Gasteiger partial charge in [-0.15, -0.1) is 0 Å². The first-order chi connectivity index (χ1) is 25.4. The Labute approximate surface area is 308 Å². The zero-order valence-corrected chi connectivity index (χ0v) is 30.0. The van der Waals surface area contributed by atoms with Crippen molar-refractivity contribution >= 4 is 23.9 Å². The zero-order chi connectivity index (χ0) is 37.1. The van der Waals surface area contributed by atoms with E-state index in [0.717, 1.165) is 37.7 Å². The lowest BCUT2D eigenvalue weighted by Crippen LogP contribution is -2.27. The molecule has 8 nitrogen and oxygen atoms in total. The molecule has 8 heteroatoms. The fourth-order valence-electron chi connectivity index (χ4n) is 5.39. The van der Waals surface area contributed by atoms with E-state index in [0.29, 0.717) is 25.7 Å². The maximum absolute atomic E-state index is 12.5. The summed E-state index contributed by atoms with van der Waals surface area (Å²) >= 11 is 0. The number of rotatable bonds is 22. The second-order valence-corrected chi connectivity index (χ2v) is 12.6. The molecule has 4 aromatic rings. The molecule has 0 amide bonds. The molecule has 0 bridgehead atoms. The van der Waals surface area contributed by atoms with Gasteiger partial charge in [-0.3, -0.25) is 19.2 Å². The third-order valence-corrected chi connectivity index (χ3v) is 8.20. The molecule has 4 aromatic carbocycles. The highest BCUT2D eigenvalue weighted by Crippen LogP contribution is 2.11. The third kappa shape index (κ3) is 19.8. The number of aliphatic carboxylic acids is 1. The van der Waals surface area contributed by atoms with Crippen LogP contribution in [0.25, 0.3) is 0 Å². The molecule has 0 unspecified atom stereocenters. The van der Waals surface area contributed by atoms with E-state index in [1.54, 1.807) is 0 Å². The van der Waals surface area contributed by atoms with Crippen LogP contribution in [0, 0.1) is 0 Å². The summed E-state index contributed by atoms with van der Waals surface area (Å²) in [4.78, 5) is 47.2. The highest BCUT2D eigenvalue weighted by Gasteiger charge is 2.18. The summed E-state index contributed by atoms with van der Waals surface area (Å²) in [6.45, 7) is 0.0395. The van der Waals surface area contributed by atoms with Gasteiger partial charge in [0.2, 0.25) is 0 Å². The molecule has 0 aliphatic heterocycles. The number of hydrogen-bond acceptors (Lipinski definition) is 7.